The molecule has 1 rings (SSSR count). The number of carbonyl (C=O) groups is 2. The maximum atomic E-state index is 11.9. The molecule has 0 aliphatic rings. The lowest BCUT2D eigenvalue weighted by Crippen LogP contribution is -2.36. The van der Waals surface area contributed by atoms with Gasteiger partial charge in [0.2, 0.25) is 5.91 Å². The minimum Gasteiger partial charge on any atom is -0.484 e. The summed E-state index contributed by atoms with van der Waals surface area (Å²) in [5, 5.41) is 2.92. The summed E-state index contributed by atoms with van der Waals surface area (Å²) >= 11 is 0. The molecule has 0 bridgehead atoms. The lowest BCUT2D eigenvalue weighted by Gasteiger charge is -2.19. The maximum Gasteiger partial charge on any atom is 0.258 e. The van der Waals surface area contributed by atoms with Crippen molar-refractivity contribution in [3.05, 3.63) is 29.8 Å². The minimum atomic E-state index is -0.522. The van der Waals surface area contributed by atoms with Gasteiger partial charge in [-0.05, 0) is 57.6 Å². The van der Waals surface area contributed by atoms with Gasteiger partial charge < -0.3 is 20.7 Å². The highest BCUT2D eigenvalue weighted by Crippen LogP contribution is 2.12. The first kappa shape index (κ1) is 20.0. The van der Waals surface area contributed by atoms with E-state index in [0.717, 1.165) is 32.5 Å². The molecule has 0 saturated carbocycles. The molecule has 6 heteroatoms. The number of nitrogens with zero attached hydrogens (tertiary/aromatic N) is 1. The van der Waals surface area contributed by atoms with Crippen LogP contribution in [0, 0.1) is 0 Å². The van der Waals surface area contributed by atoms with Gasteiger partial charge in [0.25, 0.3) is 5.91 Å². The summed E-state index contributed by atoms with van der Waals surface area (Å²) in [7, 11) is 0. The summed E-state index contributed by atoms with van der Waals surface area (Å²) in [6.45, 7) is 9.36. The van der Waals surface area contributed by atoms with Gasteiger partial charge in [-0.3, -0.25) is 9.59 Å². The predicted molar refractivity (Wildman–Crippen MR) is 95.1 cm³/mol. The second-order valence-corrected chi connectivity index (χ2v) is 5.82. The number of hydrogen-bond acceptors (Lipinski definition) is 4. The van der Waals surface area contributed by atoms with Gasteiger partial charge in [0.15, 0.2) is 6.61 Å². The molecule has 1 aromatic carbocycles. The summed E-state index contributed by atoms with van der Waals surface area (Å²) in [5.74, 6) is -0.239. The van der Waals surface area contributed by atoms with Gasteiger partial charge in [-0.25, -0.2) is 0 Å². The minimum absolute atomic E-state index is 0.0808. The Hall–Kier alpha value is -2.08. The van der Waals surface area contributed by atoms with E-state index in [2.05, 4.69) is 24.1 Å². The number of rotatable bonds is 11. The van der Waals surface area contributed by atoms with Gasteiger partial charge in [-0.15, -0.1) is 0 Å². The zero-order chi connectivity index (χ0) is 17.9. The fourth-order valence-corrected chi connectivity index (χ4v) is 2.44. The number of carbonyl (C=O) groups excluding carboxylic acids is 2. The molecule has 0 radical (unpaired) electrons. The van der Waals surface area contributed by atoms with Crippen LogP contribution in [-0.2, 0) is 4.79 Å². The van der Waals surface area contributed by atoms with E-state index in [9.17, 15) is 9.59 Å². The number of ether oxygens (including phenoxy) is 1. The van der Waals surface area contributed by atoms with Crippen molar-refractivity contribution in [2.24, 2.45) is 5.73 Å². The third kappa shape index (κ3) is 7.46. The van der Waals surface area contributed by atoms with E-state index in [4.69, 9.17) is 10.5 Å². The maximum absolute atomic E-state index is 11.9. The van der Waals surface area contributed by atoms with Crippen molar-refractivity contribution in [3.8, 4) is 5.75 Å². The van der Waals surface area contributed by atoms with Crippen LogP contribution in [0.5, 0.6) is 5.75 Å². The molecule has 0 saturated heterocycles. The fraction of sp³-hybridized carbons (Fsp3) is 0.556. The highest BCUT2D eigenvalue weighted by atomic mass is 16.5. The molecule has 3 N–H and O–H groups in total. The number of benzene rings is 1. The second-order valence-electron chi connectivity index (χ2n) is 5.82. The van der Waals surface area contributed by atoms with Gasteiger partial charge in [-0.1, -0.05) is 19.9 Å². The zero-order valence-corrected chi connectivity index (χ0v) is 14.9. The lowest BCUT2D eigenvalue weighted by atomic mass is 10.1. The van der Waals surface area contributed by atoms with Gasteiger partial charge in [-0.2, -0.15) is 0 Å². The van der Waals surface area contributed by atoms with Gasteiger partial charge >= 0.3 is 0 Å². The molecular formula is C18H29N3O3. The quantitative estimate of drug-likeness (QED) is 0.646. The number of hydrogen-bond donors (Lipinski definition) is 2. The van der Waals surface area contributed by atoms with Crippen LogP contribution in [-0.4, -0.2) is 49.0 Å². The molecule has 0 heterocycles. The number of primary amides is 1. The highest BCUT2D eigenvalue weighted by Gasteiger charge is 2.09. The van der Waals surface area contributed by atoms with Crippen molar-refractivity contribution in [1.82, 2.24) is 10.2 Å². The van der Waals surface area contributed by atoms with Crippen molar-refractivity contribution in [2.45, 2.75) is 39.7 Å². The van der Waals surface area contributed by atoms with Crippen LogP contribution in [0.4, 0.5) is 0 Å². The average molecular weight is 335 g/mol. The summed E-state index contributed by atoms with van der Waals surface area (Å²) in [5.41, 5.74) is 5.57. The van der Waals surface area contributed by atoms with Crippen molar-refractivity contribution < 1.29 is 14.3 Å². The highest BCUT2D eigenvalue weighted by molar-refractivity contribution is 5.93. The Bertz CT molecular complexity index is 530. The molecule has 2 amide bonds. The lowest BCUT2D eigenvalue weighted by molar-refractivity contribution is -0.123. The van der Waals surface area contributed by atoms with Crippen LogP contribution < -0.4 is 15.8 Å². The van der Waals surface area contributed by atoms with Crippen LogP contribution in [0.1, 0.15) is 44.0 Å². The Labute approximate surface area is 144 Å². The zero-order valence-electron chi connectivity index (χ0n) is 14.9. The number of nitrogens with two attached hydrogens (primary N) is 1. The second kappa shape index (κ2) is 10.6. The average Bonchev–Trinajstić information content (AvgIpc) is 2.57. The molecule has 1 unspecified atom stereocenters. The third-order valence-corrected chi connectivity index (χ3v) is 3.90. The first-order valence-electron chi connectivity index (χ1n) is 8.50. The molecule has 0 aliphatic carbocycles. The molecule has 0 aliphatic heterocycles. The Morgan fingerprint density at radius 3 is 2.62 bits per heavy atom. The Balaban J connectivity index is 2.30. The molecule has 0 fully saturated rings. The first-order chi connectivity index (χ1) is 11.5. The summed E-state index contributed by atoms with van der Waals surface area (Å²) in [6.07, 6.45) is 1.98. The summed E-state index contributed by atoms with van der Waals surface area (Å²) < 4.78 is 5.41. The van der Waals surface area contributed by atoms with Crippen LogP contribution in [0.2, 0.25) is 0 Å². The number of amides is 2. The Morgan fingerprint density at radius 2 is 2.00 bits per heavy atom. The predicted octanol–water partition coefficient (Wildman–Crippen LogP) is 1.79. The van der Waals surface area contributed by atoms with Crippen LogP contribution >= 0.6 is 0 Å². The molecular weight excluding hydrogens is 306 g/mol. The smallest absolute Gasteiger partial charge is 0.258 e. The Kier molecular flexibility index (Phi) is 8.86. The standard InChI is InChI=1S/C18H29N3O3/c1-4-21(5-2)11-7-8-14(3)20-17(22)13-24-16-10-6-9-15(12-16)18(19)23/h6,9-10,12,14H,4-5,7-8,11,13H2,1-3H3,(H2,19,23)(H,20,22). The Morgan fingerprint density at radius 1 is 1.29 bits per heavy atom. The summed E-state index contributed by atoms with van der Waals surface area (Å²) in [6, 6.07) is 6.60. The van der Waals surface area contributed by atoms with Crippen LogP contribution in [0.3, 0.4) is 0 Å². The molecule has 0 aromatic heterocycles. The van der Waals surface area contributed by atoms with E-state index in [1.165, 1.54) is 6.07 Å². The van der Waals surface area contributed by atoms with Gasteiger partial charge in [0, 0.05) is 11.6 Å². The van der Waals surface area contributed by atoms with Gasteiger partial charge in [0.05, 0.1) is 0 Å². The molecule has 24 heavy (non-hydrogen) atoms. The third-order valence-electron chi connectivity index (χ3n) is 3.90. The summed E-state index contributed by atoms with van der Waals surface area (Å²) in [4.78, 5) is 25.4. The van der Waals surface area contributed by atoms with E-state index in [1.807, 2.05) is 6.92 Å². The molecule has 134 valence electrons. The van der Waals surface area contributed by atoms with Crippen molar-refractivity contribution in [2.75, 3.05) is 26.2 Å². The normalized spacial score (nSPS) is 12.0. The van der Waals surface area contributed by atoms with Crippen LogP contribution in [0.15, 0.2) is 24.3 Å². The fourth-order valence-electron chi connectivity index (χ4n) is 2.44. The molecule has 0 spiro atoms. The van der Waals surface area contributed by atoms with Crippen molar-refractivity contribution >= 4 is 11.8 Å². The molecule has 1 atom stereocenters. The first-order valence-corrected chi connectivity index (χ1v) is 8.50. The van der Waals surface area contributed by atoms with E-state index in [0.29, 0.717) is 11.3 Å². The van der Waals surface area contributed by atoms with Crippen molar-refractivity contribution in [1.29, 1.82) is 0 Å². The molecule has 1 aromatic rings. The van der Waals surface area contributed by atoms with Gasteiger partial charge in [0.1, 0.15) is 5.75 Å². The van der Waals surface area contributed by atoms with Crippen LogP contribution in [0.25, 0.3) is 0 Å². The monoisotopic (exact) mass is 335 g/mol. The largest absolute Gasteiger partial charge is 0.484 e. The SMILES string of the molecule is CCN(CC)CCCC(C)NC(=O)COc1cccc(C(N)=O)c1. The van der Waals surface area contributed by atoms with E-state index >= 15 is 0 Å². The van der Waals surface area contributed by atoms with Crippen molar-refractivity contribution in [3.63, 3.8) is 0 Å². The number of nitrogens with one attached hydrogen (secondary N) is 1. The van der Waals surface area contributed by atoms with E-state index < -0.39 is 5.91 Å². The van der Waals surface area contributed by atoms with E-state index in [-0.39, 0.29) is 18.6 Å². The molecule has 6 nitrogen and oxygen atoms in total. The topological polar surface area (TPSA) is 84.7 Å². The van der Waals surface area contributed by atoms with E-state index in [1.54, 1.807) is 18.2 Å².